The van der Waals surface area contributed by atoms with Crippen LogP contribution in [0.4, 0.5) is 0 Å². The van der Waals surface area contributed by atoms with Crippen molar-refractivity contribution in [2.45, 2.75) is 21.9 Å². The third-order valence-corrected chi connectivity index (χ3v) is 7.29. The highest BCUT2D eigenvalue weighted by Crippen LogP contribution is 2.39. The third-order valence-electron chi connectivity index (χ3n) is 4.87. The lowest BCUT2D eigenvalue weighted by Gasteiger charge is -2.05. The van der Waals surface area contributed by atoms with Gasteiger partial charge in [0.2, 0.25) is 0 Å². The van der Waals surface area contributed by atoms with Gasteiger partial charge in [0.15, 0.2) is 0 Å². The number of methoxy groups -OCH3 is 2. The van der Waals surface area contributed by atoms with E-state index in [1.54, 1.807) is 14.2 Å². The number of thiophene rings is 1. The largest absolute Gasteiger partial charge is 0.497 e. The van der Waals surface area contributed by atoms with E-state index in [1.165, 1.54) is 30.7 Å². The van der Waals surface area contributed by atoms with Gasteiger partial charge in [0, 0.05) is 16.2 Å². The average Bonchev–Trinajstić information content (AvgIpc) is 3.16. The molecular weight excluding hydrogens is 408 g/mol. The summed E-state index contributed by atoms with van der Waals surface area (Å²) in [5.74, 6) is 1.79. The molecule has 0 spiro atoms. The van der Waals surface area contributed by atoms with Gasteiger partial charge in [0.25, 0.3) is 0 Å². The van der Waals surface area contributed by atoms with Crippen LogP contribution in [0.3, 0.4) is 0 Å². The predicted molar refractivity (Wildman–Crippen MR) is 126 cm³/mol. The zero-order valence-electron chi connectivity index (χ0n) is 17.1. The summed E-state index contributed by atoms with van der Waals surface area (Å²) in [7, 11) is 3.40. The van der Waals surface area contributed by atoms with Crippen molar-refractivity contribution in [3.63, 3.8) is 0 Å². The topological polar surface area (TPSA) is 18.5 Å². The average molecular weight is 433 g/mol. The number of rotatable bonds is 8. The molecule has 30 heavy (non-hydrogen) atoms. The Bertz CT molecular complexity index is 1070. The maximum absolute atomic E-state index is 5.30. The summed E-state index contributed by atoms with van der Waals surface area (Å²) in [6.45, 7) is 0. The van der Waals surface area contributed by atoms with Crippen LogP contribution in [0.25, 0.3) is 0 Å². The maximum atomic E-state index is 5.30. The van der Waals surface area contributed by atoms with Crippen molar-refractivity contribution in [2.75, 3.05) is 14.2 Å². The Morgan fingerprint density at radius 1 is 0.700 bits per heavy atom. The summed E-state index contributed by atoms with van der Waals surface area (Å²) < 4.78 is 11.9. The van der Waals surface area contributed by atoms with Gasteiger partial charge in [0.05, 0.1) is 18.4 Å². The molecule has 0 aliphatic rings. The molecule has 0 atom stereocenters. The fourth-order valence-corrected chi connectivity index (χ4v) is 5.75. The normalized spacial score (nSPS) is 10.7. The molecule has 0 bridgehead atoms. The van der Waals surface area contributed by atoms with Crippen molar-refractivity contribution in [1.29, 1.82) is 0 Å². The summed E-state index contributed by atoms with van der Waals surface area (Å²) >= 11 is 3.75. The quantitative estimate of drug-likeness (QED) is 0.296. The third kappa shape index (κ3) is 5.26. The molecule has 0 N–H and O–H groups in total. The van der Waals surface area contributed by atoms with Gasteiger partial charge in [-0.1, -0.05) is 54.2 Å². The Hall–Kier alpha value is -2.69. The van der Waals surface area contributed by atoms with Gasteiger partial charge in [0.1, 0.15) is 11.5 Å². The van der Waals surface area contributed by atoms with Crippen LogP contribution in [0.2, 0.25) is 0 Å². The van der Waals surface area contributed by atoms with Crippen molar-refractivity contribution in [3.05, 3.63) is 106 Å². The first-order valence-electron chi connectivity index (χ1n) is 9.84. The minimum absolute atomic E-state index is 0.892. The zero-order chi connectivity index (χ0) is 20.8. The number of hydrogen-bond acceptors (Lipinski definition) is 4. The van der Waals surface area contributed by atoms with Gasteiger partial charge in [-0.25, -0.2) is 0 Å². The minimum atomic E-state index is 0.892. The van der Waals surface area contributed by atoms with E-state index in [0.29, 0.717) is 0 Å². The first-order chi connectivity index (χ1) is 14.7. The molecule has 0 aliphatic carbocycles. The lowest BCUT2D eigenvalue weighted by atomic mass is 10.1. The smallest absolute Gasteiger partial charge is 0.118 e. The van der Waals surface area contributed by atoms with Crippen molar-refractivity contribution >= 4 is 23.1 Å². The van der Waals surface area contributed by atoms with Crippen LogP contribution in [-0.2, 0) is 12.8 Å². The Kier molecular flexibility index (Phi) is 6.77. The van der Waals surface area contributed by atoms with Gasteiger partial charge in [-0.05, 0) is 65.6 Å². The Labute approximate surface area is 186 Å². The van der Waals surface area contributed by atoms with E-state index in [-0.39, 0.29) is 0 Å². The molecule has 4 rings (SSSR count). The van der Waals surface area contributed by atoms with E-state index in [9.17, 15) is 0 Å². The Balaban J connectivity index is 1.59. The number of benzene rings is 3. The van der Waals surface area contributed by atoms with Crippen molar-refractivity contribution in [1.82, 2.24) is 0 Å². The predicted octanol–water partition coefficient (Wildman–Crippen LogP) is 7.10. The van der Waals surface area contributed by atoms with Gasteiger partial charge >= 0.3 is 0 Å². The second-order valence-electron chi connectivity index (χ2n) is 6.99. The first kappa shape index (κ1) is 20.6. The van der Waals surface area contributed by atoms with E-state index in [1.807, 2.05) is 47.4 Å². The van der Waals surface area contributed by atoms with Crippen LogP contribution in [0, 0.1) is 0 Å². The molecule has 2 nitrogen and oxygen atoms in total. The highest BCUT2D eigenvalue weighted by molar-refractivity contribution is 8.01. The van der Waals surface area contributed by atoms with Crippen LogP contribution in [0.15, 0.2) is 94.0 Å². The lowest BCUT2D eigenvalue weighted by molar-refractivity contribution is 0.414. The van der Waals surface area contributed by atoms with E-state index in [2.05, 4.69) is 60.7 Å². The summed E-state index contributed by atoms with van der Waals surface area (Å²) in [6.07, 6.45) is 1.85. The Morgan fingerprint density at radius 3 is 1.83 bits per heavy atom. The molecule has 3 aromatic carbocycles. The SMILES string of the molecule is COc1ccc(Cc2cc(Cc3ccc(OC)cc3)c(Sc3ccccc3)s2)cc1. The van der Waals surface area contributed by atoms with E-state index in [0.717, 1.165) is 24.3 Å². The molecule has 4 heteroatoms. The molecule has 1 heterocycles. The number of ether oxygens (including phenoxy) is 2. The van der Waals surface area contributed by atoms with Crippen molar-refractivity contribution in [3.8, 4) is 11.5 Å². The molecule has 4 aromatic rings. The second kappa shape index (κ2) is 9.88. The first-order valence-corrected chi connectivity index (χ1v) is 11.5. The summed E-state index contributed by atoms with van der Waals surface area (Å²) in [6, 6.07) is 29.7. The van der Waals surface area contributed by atoms with E-state index >= 15 is 0 Å². The zero-order valence-corrected chi connectivity index (χ0v) is 18.8. The van der Waals surface area contributed by atoms with Gasteiger partial charge in [-0.2, -0.15) is 0 Å². The van der Waals surface area contributed by atoms with Gasteiger partial charge in [-0.15, -0.1) is 11.3 Å². The van der Waals surface area contributed by atoms with Crippen molar-refractivity contribution in [2.24, 2.45) is 0 Å². The van der Waals surface area contributed by atoms with Gasteiger partial charge in [-0.3, -0.25) is 0 Å². The Morgan fingerprint density at radius 2 is 1.27 bits per heavy atom. The minimum Gasteiger partial charge on any atom is -0.497 e. The molecule has 0 unspecified atom stereocenters. The maximum Gasteiger partial charge on any atom is 0.118 e. The monoisotopic (exact) mass is 432 g/mol. The highest BCUT2D eigenvalue weighted by Gasteiger charge is 2.12. The fourth-order valence-electron chi connectivity index (χ4n) is 3.27. The van der Waals surface area contributed by atoms with Crippen LogP contribution >= 0.6 is 23.1 Å². The molecule has 152 valence electrons. The lowest BCUT2D eigenvalue weighted by Crippen LogP contribution is -1.89. The highest BCUT2D eigenvalue weighted by atomic mass is 32.2. The van der Waals surface area contributed by atoms with Crippen LogP contribution in [0.5, 0.6) is 11.5 Å². The second-order valence-corrected chi connectivity index (χ2v) is 9.47. The fraction of sp³-hybridized carbons (Fsp3) is 0.154. The molecule has 0 saturated heterocycles. The number of hydrogen-bond donors (Lipinski definition) is 0. The van der Waals surface area contributed by atoms with Crippen LogP contribution < -0.4 is 9.47 Å². The molecule has 0 aliphatic heterocycles. The summed E-state index contributed by atoms with van der Waals surface area (Å²) in [5, 5.41) is 0. The summed E-state index contributed by atoms with van der Waals surface area (Å²) in [4.78, 5) is 2.65. The molecule has 0 radical (unpaired) electrons. The van der Waals surface area contributed by atoms with Crippen molar-refractivity contribution < 1.29 is 9.47 Å². The molecular formula is C26H24O2S2. The van der Waals surface area contributed by atoms with Gasteiger partial charge < -0.3 is 9.47 Å². The summed E-state index contributed by atoms with van der Waals surface area (Å²) in [5.41, 5.74) is 3.96. The molecule has 0 saturated carbocycles. The van der Waals surface area contributed by atoms with Crippen LogP contribution in [-0.4, -0.2) is 14.2 Å². The van der Waals surface area contributed by atoms with E-state index < -0.39 is 0 Å². The standard InChI is InChI=1S/C26H24O2S2/c1-27-22-12-8-19(9-13-22)16-21-18-25(17-20-10-14-23(28-2)15-11-20)30-26(21)29-24-6-4-3-5-7-24/h3-15,18H,16-17H2,1-2H3. The molecule has 0 amide bonds. The van der Waals surface area contributed by atoms with E-state index in [4.69, 9.17) is 9.47 Å². The molecule has 1 aromatic heterocycles. The molecule has 0 fully saturated rings. The van der Waals surface area contributed by atoms with Crippen LogP contribution in [0.1, 0.15) is 21.6 Å².